The number of nitrogens with zero attached hydrogens (tertiary/aromatic N) is 2. The Kier molecular flexibility index (Phi) is 5.55. The quantitative estimate of drug-likeness (QED) is 0.614. The predicted octanol–water partition coefficient (Wildman–Crippen LogP) is 3.12. The van der Waals surface area contributed by atoms with Crippen molar-refractivity contribution in [3.63, 3.8) is 0 Å². The van der Waals surface area contributed by atoms with E-state index in [4.69, 9.17) is 0 Å². The van der Waals surface area contributed by atoms with E-state index in [1.807, 2.05) is 13.0 Å². The van der Waals surface area contributed by atoms with Gasteiger partial charge in [-0.1, -0.05) is 18.2 Å². The molecule has 0 radical (unpaired) electrons. The Morgan fingerprint density at radius 1 is 0.964 bits per heavy atom. The van der Waals surface area contributed by atoms with E-state index < -0.39 is 16.0 Å². The molecule has 1 aromatic heterocycles. The van der Waals surface area contributed by atoms with Crippen LogP contribution >= 0.6 is 0 Å². The molecule has 2 aromatic carbocycles. The Morgan fingerprint density at radius 2 is 1.68 bits per heavy atom. The van der Waals surface area contributed by atoms with E-state index in [0.29, 0.717) is 17.1 Å². The highest BCUT2D eigenvalue weighted by Gasteiger charge is 2.15. The van der Waals surface area contributed by atoms with Crippen LogP contribution in [0.2, 0.25) is 0 Å². The van der Waals surface area contributed by atoms with Gasteiger partial charge in [0, 0.05) is 5.69 Å². The molecule has 3 aromatic rings. The van der Waals surface area contributed by atoms with Gasteiger partial charge in [-0.05, 0) is 55.0 Å². The zero-order valence-corrected chi connectivity index (χ0v) is 16.0. The summed E-state index contributed by atoms with van der Waals surface area (Å²) in [6.45, 7) is 1.81. The van der Waals surface area contributed by atoms with Crippen LogP contribution in [0.5, 0.6) is 0 Å². The van der Waals surface area contributed by atoms with Gasteiger partial charge in [0.2, 0.25) is 0 Å². The lowest BCUT2D eigenvalue weighted by Crippen LogP contribution is -2.14. The van der Waals surface area contributed by atoms with Gasteiger partial charge in [0.15, 0.2) is 11.6 Å². The molecular weight excluding hydrogens is 380 g/mol. The fraction of sp³-hybridized carbons (Fsp3) is 0.105. The summed E-state index contributed by atoms with van der Waals surface area (Å²) in [6.07, 6.45) is 0. The smallest absolute Gasteiger partial charge is 0.337 e. The lowest BCUT2D eigenvalue weighted by Gasteiger charge is -2.09. The van der Waals surface area contributed by atoms with E-state index in [-0.39, 0.29) is 10.7 Å². The van der Waals surface area contributed by atoms with Crippen LogP contribution in [0.3, 0.4) is 0 Å². The van der Waals surface area contributed by atoms with Crippen LogP contribution < -0.4 is 10.0 Å². The molecule has 9 heteroatoms. The normalized spacial score (nSPS) is 10.9. The maximum Gasteiger partial charge on any atom is 0.337 e. The lowest BCUT2D eigenvalue weighted by atomic mass is 10.2. The molecule has 0 unspecified atom stereocenters. The van der Waals surface area contributed by atoms with E-state index in [1.54, 1.807) is 42.5 Å². The van der Waals surface area contributed by atoms with E-state index in [9.17, 15) is 13.2 Å². The maximum atomic E-state index is 12.4. The lowest BCUT2D eigenvalue weighted by molar-refractivity contribution is 0.0601. The van der Waals surface area contributed by atoms with Gasteiger partial charge in [0.05, 0.1) is 17.6 Å². The number of benzene rings is 2. The number of hydrogen-bond acceptors (Lipinski definition) is 7. The molecule has 0 saturated heterocycles. The summed E-state index contributed by atoms with van der Waals surface area (Å²) < 4.78 is 31.9. The second-order valence-electron chi connectivity index (χ2n) is 5.92. The van der Waals surface area contributed by atoms with Crippen LogP contribution in [0, 0.1) is 6.92 Å². The van der Waals surface area contributed by atoms with Crippen LogP contribution in [-0.4, -0.2) is 31.7 Å². The van der Waals surface area contributed by atoms with E-state index in [1.165, 1.54) is 19.2 Å². The molecule has 1 heterocycles. The first-order valence-corrected chi connectivity index (χ1v) is 9.74. The van der Waals surface area contributed by atoms with Gasteiger partial charge in [-0.2, -0.15) is 0 Å². The standard InChI is InChI=1S/C19H18N4O4S/c1-13-5-3-8-16(11-13)28(25,26)23-18-10-9-17(21-22-18)20-15-7-4-6-14(12-15)19(24)27-2/h3-12H,1-2H3,(H,20,21)(H,22,23). The number of hydrogen-bond donors (Lipinski definition) is 2. The molecule has 0 aliphatic carbocycles. The minimum absolute atomic E-state index is 0.0929. The Morgan fingerprint density at radius 3 is 2.36 bits per heavy atom. The molecule has 0 aliphatic rings. The van der Waals surface area contributed by atoms with Crippen molar-refractivity contribution < 1.29 is 17.9 Å². The number of anilines is 3. The topological polar surface area (TPSA) is 110 Å². The summed E-state index contributed by atoms with van der Waals surface area (Å²) >= 11 is 0. The molecule has 3 rings (SSSR count). The molecule has 0 spiro atoms. The van der Waals surface area contributed by atoms with E-state index in [2.05, 4.69) is 25.0 Å². The number of methoxy groups -OCH3 is 1. The largest absolute Gasteiger partial charge is 0.465 e. The third-order valence-electron chi connectivity index (χ3n) is 3.76. The van der Waals surface area contributed by atoms with Gasteiger partial charge in [-0.3, -0.25) is 4.72 Å². The Labute approximate surface area is 162 Å². The average molecular weight is 398 g/mol. The molecule has 0 saturated carbocycles. The number of esters is 1. The van der Waals surface area contributed by atoms with Crippen molar-refractivity contribution in [2.75, 3.05) is 17.1 Å². The summed E-state index contributed by atoms with van der Waals surface area (Å²) in [5.41, 5.74) is 1.84. The summed E-state index contributed by atoms with van der Waals surface area (Å²) in [5.74, 6) is 0.0338. The first-order chi connectivity index (χ1) is 13.4. The zero-order valence-electron chi connectivity index (χ0n) is 15.2. The summed E-state index contributed by atoms with van der Waals surface area (Å²) in [6, 6.07) is 16.3. The molecule has 144 valence electrons. The Hall–Kier alpha value is -3.46. The van der Waals surface area contributed by atoms with Crippen LogP contribution in [0.1, 0.15) is 15.9 Å². The predicted molar refractivity (Wildman–Crippen MR) is 105 cm³/mol. The number of aryl methyl sites for hydroxylation is 1. The number of nitrogens with one attached hydrogen (secondary N) is 2. The Balaban J connectivity index is 1.73. The molecule has 0 aliphatic heterocycles. The minimum Gasteiger partial charge on any atom is -0.465 e. The van der Waals surface area contributed by atoms with E-state index >= 15 is 0 Å². The highest BCUT2D eigenvalue weighted by atomic mass is 32.2. The van der Waals surface area contributed by atoms with Crippen molar-refractivity contribution in [3.8, 4) is 0 Å². The van der Waals surface area contributed by atoms with Crippen LogP contribution in [0.25, 0.3) is 0 Å². The SMILES string of the molecule is COC(=O)c1cccc(Nc2ccc(NS(=O)(=O)c3cccc(C)c3)nn2)c1. The molecule has 0 fully saturated rings. The summed E-state index contributed by atoms with van der Waals surface area (Å²) in [5, 5.41) is 10.8. The third kappa shape index (κ3) is 4.63. The second-order valence-corrected chi connectivity index (χ2v) is 7.61. The molecule has 0 bridgehead atoms. The number of aromatic nitrogens is 2. The fourth-order valence-corrected chi connectivity index (χ4v) is 3.52. The van der Waals surface area contributed by atoms with Gasteiger partial charge in [-0.15, -0.1) is 10.2 Å². The highest BCUT2D eigenvalue weighted by Crippen LogP contribution is 2.19. The van der Waals surface area contributed by atoms with E-state index in [0.717, 1.165) is 5.56 Å². The van der Waals surface area contributed by atoms with Gasteiger partial charge in [0.25, 0.3) is 10.0 Å². The Bertz CT molecular complexity index is 1100. The van der Waals surface area contributed by atoms with Gasteiger partial charge in [0.1, 0.15) is 0 Å². The third-order valence-corrected chi connectivity index (χ3v) is 5.11. The van der Waals surface area contributed by atoms with Crippen molar-refractivity contribution in [2.24, 2.45) is 0 Å². The first-order valence-electron chi connectivity index (χ1n) is 8.26. The number of rotatable bonds is 6. The molecule has 0 amide bonds. The monoisotopic (exact) mass is 398 g/mol. The molecule has 0 atom stereocenters. The number of carbonyl (C=O) groups is 1. The molecule has 8 nitrogen and oxygen atoms in total. The van der Waals surface area contributed by atoms with Gasteiger partial charge in [-0.25, -0.2) is 13.2 Å². The molecule has 28 heavy (non-hydrogen) atoms. The van der Waals surface area contributed by atoms with Crippen molar-refractivity contribution >= 4 is 33.3 Å². The van der Waals surface area contributed by atoms with Crippen molar-refractivity contribution in [2.45, 2.75) is 11.8 Å². The molecular formula is C19H18N4O4S. The zero-order chi connectivity index (χ0) is 20.1. The number of carbonyl (C=O) groups excluding carboxylic acids is 1. The average Bonchev–Trinajstić information content (AvgIpc) is 2.69. The van der Waals surface area contributed by atoms with Gasteiger partial charge < -0.3 is 10.1 Å². The highest BCUT2D eigenvalue weighted by molar-refractivity contribution is 7.92. The number of ether oxygens (including phenoxy) is 1. The van der Waals surface area contributed by atoms with Crippen LogP contribution in [0.4, 0.5) is 17.3 Å². The van der Waals surface area contributed by atoms with Crippen LogP contribution in [-0.2, 0) is 14.8 Å². The first kappa shape index (κ1) is 19.3. The number of sulfonamides is 1. The van der Waals surface area contributed by atoms with Crippen molar-refractivity contribution in [3.05, 3.63) is 71.8 Å². The van der Waals surface area contributed by atoms with Crippen molar-refractivity contribution in [1.82, 2.24) is 10.2 Å². The summed E-state index contributed by atoms with van der Waals surface area (Å²) in [4.78, 5) is 11.7. The van der Waals surface area contributed by atoms with Crippen molar-refractivity contribution in [1.29, 1.82) is 0 Å². The summed E-state index contributed by atoms with van der Waals surface area (Å²) in [7, 11) is -2.44. The van der Waals surface area contributed by atoms with Gasteiger partial charge >= 0.3 is 5.97 Å². The fourth-order valence-electron chi connectivity index (χ4n) is 2.42. The second kappa shape index (κ2) is 8.05. The minimum atomic E-state index is -3.75. The van der Waals surface area contributed by atoms with Crippen LogP contribution in [0.15, 0.2) is 65.6 Å². The maximum absolute atomic E-state index is 12.4. The molecule has 2 N–H and O–H groups in total.